The monoisotopic (exact) mass is 467 g/mol. The van der Waals surface area contributed by atoms with Crippen molar-refractivity contribution in [2.75, 3.05) is 5.32 Å². The molecule has 4 rings (SSSR count). The van der Waals surface area contributed by atoms with Crippen LogP contribution in [-0.2, 0) is 6.42 Å². The summed E-state index contributed by atoms with van der Waals surface area (Å²) >= 11 is 3.36. The van der Waals surface area contributed by atoms with Crippen LogP contribution in [0.4, 0.5) is 5.82 Å². The molecule has 1 amide bonds. The van der Waals surface area contributed by atoms with Crippen LogP contribution in [0, 0.1) is 0 Å². The first-order valence-electron chi connectivity index (χ1n) is 9.35. The molecule has 0 aliphatic carbocycles. The summed E-state index contributed by atoms with van der Waals surface area (Å²) in [6, 6.07) is 13.6. The molecule has 1 aromatic carbocycles. The van der Waals surface area contributed by atoms with Crippen molar-refractivity contribution >= 4 is 27.7 Å². The highest BCUT2D eigenvalue weighted by molar-refractivity contribution is 9.10. The molecule has 0 bridgehead atoms. The number of aromatic amines is 1. The second-order valence-electron chi connectivity index (χ2n) is 6.58. The van der Waals surface area contributed by atoms with E-state index in [4.69, 9.17) is 4.42 Å². The lowest BCUT2D eigenvalue weighted by Crippen LogP contribution is -2.19. The van der Waals surface area contributed by atoms with Gasteiger partial charge in [-0.05, 0) is 42.8 Å². The number of nitrogens with zero attached hydrogens (tertiary/aromatic N) is 3. The van der Waals surface area contributed by atoms with Gasteiger partial charge in [-0.25, -0.2) is 4.98 Å². The summed E-state index contributed by atoms with van der Waals surface area (Å²) in [7, 11) is 0. The minimum atomic E-state index is -0.318. The second-order valence-corrected chi connectivity index (χ2v) is 7.49. The van der Waals surface area contributed by atoms with Gasteiger partial charge in [-0.2, -0.15) is 9.78 Å². The number of carbonyl (C=O) groups excluding carboxylic acids is 1. The smallest absolute Gasteiger partial charge is 0.256 e. The Hall–Kier alpha value is -3.46. The molecule has 4 aromatic rings. The molecule has 3 aromatic heterocycles. The number of aromatic nitrogens is 4. The Balaban J connectivity index is 1.76. The molecule has 152 valence electrons. The van der Waals surface area contributed by atoms with E-state index in [1.54, 1.807) is 42.5 Å². The van der Waals surface area contributed by atoms with Crippen LogP contribution in [0.2, 0.25) is 0 Å². The molecular weight excluding hydrogens is 450 g/mol. The number of rotatable bonds is 6. The second kappa shape index (κ2) is 8.50. The van der Waals surface area contributed by atoms with Gasteiger partial charge < -0.3 is 9.73 Å². The van der Waals surface area contributed by atoms with Gasteiger partial charge in [0.2, 0.25) is 5.95 Å². The molecule has 2 N–H and O–H groups in total. The average Bonchev–Trinajstić information content (AvgIpc) is 3.38. The van der Waals surface area contributed by atoms with Crippen LogP contribution in [0.5, 0.6) is 0 Å². The number of nitrogens with one attached hydrogen (secondary N) is 2. The van der Waals surface area contributed by atoms with E-state index in [1.807, 2.05) is 6.92 Å². The van der Waals surface area contributed by atoms with E-state index in [9.17, 15) is 9.59 Å². The zero-order valence-electron chi connectivity index (χ0n) is 16.1. The van der Waals surface area contributed by atoms with Crippen LogP contribution >= 0.6 is 15.9 Å². The van der Waals surface area contributed by atoms with Crippen molar-refractivity contribution in [3.63, 3.8) is 0 Å². The van der Waals surface area contributed by atoms with Crippen molar-refractivity contribution in [1.29, 1.82) is 0 Å². The van der Waals surface area contributed by atoms with Crippen molar-refractivity contribution in [1.82, 2.24) is 19.7 Å². The largest absolute Gasteiger partial charge is 0.463 e. The molecule has 30 heavy (non-hydrogen) atoms. The Morgan fingerprint density at radius 2 is 2.03 bits per heavy atom. The van der Waals surface area contributed by atoms with Crippen molar-refractivity contribution in [2.45, 2.75) is 19.8 Å². The minimum Gasteiger partial charge on any atom is -0.463 e. The van der Waals surface area contributed by atoms with Gasteiger partial charge in [-0.3, -0.25) is 14.6 Å². The van der Waals surface area contributed by atoms with E-state index in [0.717, 1.165) is 10.9 Å². The molecule has 3 heterocycles. The molecule has 9 heteroatoms. The number of H-pyrrole nitrogens is 1. The molecule has 0 atom stereocenters. The predicted molar refractivity (Wildman–Crippen MR) is 116 cm³/mol. The number of amides is 1. The molecule has 0 saturated carbocycles. The predicted octanol–water partition coefficient (Wildman–Crippen LogP) is 4.18. The highest BCUT2D eigenvalue weighted by atomic mass is 79.9. The Bertz CT molecular complexity index is 1230. The van der Waals surface area contributed by atoms with Gasteiger partial charge >= 0.3 is 0 Å². The Kier molecular flexibility index (Phi) is 5.62. The number of hydrogen-bond acceptors (Lipinski definition) is 5. The lowest BCUT2D eigenvalue weighted by Gasteiger charge is -2.09. The van der Waals surface area contributed by atoms with Crippen LogP contribution < -0.4 is 10.9 Å². The molecule has 0 fully saturated rings. The summed E-state index contributed by atoms with van der Waals surface area (Å²) < 4.78 is 7.70. The fourth-order valence-corrected chi connectivity index (χ4v) is 3.21. The fourth-order valence-electron chi connectivity index (χ4n) is 2.94. The lowest BCUT2D eigenvalue weighted by molar-refractivity contribution is 0.102. The van der Waals surface area contributed by atoms with E-state index in [-0.39, 0.29) is 17.4 Å². The average molecular weight is 468 g/mol. The fraction of sp³-hybridized carbons (Fsp3) is 0.143. The van der Waals surface area contributed by atoms with Crippen molar-refractivity contribution in [3.8, 4) is 17.4 Å². The van der Waals surface area contributed by atoms with Gasteiger partial charge in [0, 0.05) is 27.9 Å². The van der Waals surface area contributed by atoms with Crippen LogP contribution in [0.15, 0.2) is 68.5 Å². The van der Waals surface area contributed by atoms with Crippen LogP contribution in [-0.4, -0.2) is 25.7 Å². The number of aryl methyl sites for hydroxylation is 1. The first-order valence-corrected chi connectivity index (χ1v) is 10.1. The van der Waals surface area contributed by atoms with E-state index in [1.165, 1.54) is 17.0 Å². The molecule has 0 saturated heterocycles. The maximum Gasteiger partial charge on any atom is 0.256 e. The number of carbonyl (C=O) groups is 1. The Morgan fingerprint density at radius 3 is 2.73 bits per heavy atom. The third-order valence-corrected chi connectivity index (χ3v) is 4.85. The summed E-state index contributed by atoms with van der Waals surface area (Å²) in [5, 5.41) is 7.33. The van der Waals surface area contributed by atoms with Gasteiger partial charge in [0.1, 0.15) is 11.5 Å². The Labute approximate surface area is 180 Å². The normalized spacial score (nSPS) is 10.9. The van der Waals surface area contributed by atoms with Gasteiger partial charge in [-0.1, -0.05) is 29.3 Å². The van der Waals surface area contributed by atoms with E-state index in [2.05, 4.69) is 36.3 Å². The zero-order chi connectivity index (χ0) is 21.1. The number of benzene rings is 1. The summed E-state index contributed by atoms with van der Waals surface area (Å²) in [6.45, 7) is 2.01. The van der Waals surface area contributed by atoms with Crippen LogP contribution in [0.25, 0.3) is 17.4 Å². The molecule has 0 aliphatic rings. The summed E-state index contributed by atoms with van der Waals surface area (Å²) in [5.41, 5.74) is 1.33. The van der Waals surface area contributed by atoms with Gasteiger partial charge in [0.15, 0.2) is 5.76 Å². The first-order chi connectivity index (χ1) is 14.5. The lowest BCUT2D eigenvalue weighted by atomic mass is 10.2. The highest BCUT2D eigenvalue weighted by Gasteiger charge is 2.18. The summed E-state index contributed by atoms with van der Waals surface area (Å²) in [4.78, 5) is 32.1. The molecule has 0 aliphatic heterocycles. The van der Waals surface area contributed by atoms with E-state index < -0.39 is 0 Å². The van der Waals surface area contributed by atoms with Crippen LogP contribution in [0.3, 0.4) is 0 Å². The number of furan rings is 1. The van der Waals surface area contributed by atoms with Gasteiger partial charge in [0.05, 0.1) is 6.26 Å². The van der Waals surface area contributed by atoms with Crippen molar-refractivity contribution in [2.24, 2.45) is 0 Å². The van der Waals surface area contributed by atoms with Crippen molar-refractivity contribution in [3.05, 3.63) is 80.9 Å². The number of anilines is 1. The third-order valence-electron chi connectivity index (χ3n) is 4.32. The van der Waals surface area contributed by atoms with Gasteiger partial charge in [0.25, 0.3) is 11.5 Å². The highest BCUT2D eigenvalue weighted by Crippen LogP contribution is 2.24. The van der Waals surface area contributed by atoms with Gasteiger partial charge in [-0.15, -0.1) is 0 Å². The summed E-state index contributed by atoms with van der Waals surface area (Å²) in [5.74, 6) is 0.780. The number of hydrogen-bond donors (Lipinski definition) is 2. The van der Waals surface area contributed by atoms with E-state index in [0.29, 0.717) is 35.0 Å². The van der Waals surface area contributed by atoms with E-state index >= 15 is 0 Å². The SMILES string of the molecule is CCCc1cc(=O)[nH]c(-n2nc(-c3ccco3)cc2NC(=O)c2ccc(Br)cc2)n1. The quantitative estimate of drug-likeness (QED) is 0.442. The topological polar surface area (TPSA) is 106 Å². The molecule has 8 nitrogen and oxygen atoms in total. The molecule has 0 spiro atoms. The molecular formula is C21H18BrN5O3. The standard InChI is InChI=1S/C21H18BrN5O3/c1-2-4-15-11-19(28)25-21(23-15)27-18(12-16(26-27)17-5-3-10-30-17)24-20(29)13-6-8-14(22)9-7-13/h3,5-12H,2,4H2,1H3,(H,24,29)(H,23,25,28). The first kappa shape index (κ1) is 19.8. The Morgan fingerprint density at radius 1 is 1.23 bits per heavy atom. The van der Waals surface area contributed by atoms with Crippen molar-refractivity contribution < 1.29 is 9.21 Å². The summed E-state index contributed by atoms with van der Waals surface area (Å²) in [6.07, 6.45) is 3.04. The minimum absolute atomic E-state index is 0.217. The third kappa shape index (κ3) is 4.25. The van der Waals surface area contributed by atoms with Crippen LogP contribution in [0.1, 0.15) is 29.4 Å². The maximum absolute atomic E-state index is 12.8. The number of halogens is 1. The zero-order valence-corrected chi connectivity index (χ0v) is 17.6. The maximum atomic E-state index is 12.8. The molecule has 0 unspecified atom stereocenters. The molecule has 0 radical (unpaired) electrons.